The number of rotatable bonds is 6. The molecule has 2 N–H and O–H groups in total. The van der Waals surface area contributed by atoms with E-state index in [0.29, 0.717) is 5.82 Å². The van der Waals surface area contributed by atoms with Gasteiger partial charge in [0.2, 0.25) is 0 Å². The van der Waals surface area contributed by atoms with E-state index in [2.05, 4.69) is 50.4 Å². The normalized spacial score (nSPS) is 16.0. The summed E-state index contributed by atoms with van der Waals surface area (Å²) in [6.07, 6.45) is 7.76. The number of anilines is 1. The second-order valence-corrected chi connectivity index (χ2v) is 8.10. The maximum atomic E-state index is 12.5. The zero-order valence-corrected chi connectivity index (χ0v) is 22.5. The number of nitrogens with zero attached hydrogens (tertiary/aromatic N) is 3. The van der Waals surface area contributed by atoms with Gasteiger partial charge in [-0.2, -0.15) is 5.10 Å². The Morgan fingerprint density at radius 3 is 2.27 bits per heavy atom. The Bertz CT molecular complexity index is 850. The van der Waals surface area contributed by atoms with Crippen LogP contribution in [0.4, 0.5) is 10.6 Å². The molecule has 1 aromatic heterocycles. The van der Waals surface area contributed by atoms with Gasteiger partial charge < -0.3 is 10.2 Å². The van der Waals surface area contributed by atoms with Gasteiger partial charge in [-0.15, -0.1) is 0 Å². The Morgan fingerprint density at radius 1 is 1.18 bits per heavy atom. The van der Waals surface area contributed by atoms with Crippen molar-refractivity contribution in [2.45, 2.75) is 60.4 Å². The molecule has 7 heteroatoms. The van der Waals surface area contributed by atoms with Crippen LogP contribution in [-0.2, 0) is 0 Å². The molecule has 1 aliphatic heterocycles. The first-order valence-electron chi connectivity index (χ1n) is 11.9. The molecule has 1 atom stereocenters. The first-order chi connectivity index (χ1) is 16.0. The van der Waals surface area contributed by atoms with Crippen molar-refractivity contribution in [3.8, 4) is 0 Å². The van der Waals surface area contributed by atoms with Crippen molar-refractivity contribution in [3.63, 3.8) is 0 Å². The number of allylic oxidation sites excluding steroid dienone is 4. The van der Waals surface area contributed by atoms with Gasteiger partial charge in [0.25, 0.3) is 0 Å². The Hall–Kier alpha value is -2.38. The third-order valence-electron chi connectivity index (χ3n) is 5.13. The minimum Gasteiger partial charge on any atom is -0.334 e. The number of nitrogens with one attached hydrogen (secondary N) is 2. The summed E-state index contributed by atoms with van der Waals surface area (Å²) in [5.41, 5.74) is 1.93. The molecule has 1 aromatic carbocycles. The van der Waals surface area contributed by atoms with Crippen LogP contribution in [0.15, 0.2) is 59.2 Å². The Labute approximate surface area is 208 Å². The molecule has 1 fully saturated rings. The van der Waals surface area contributed by atoms with Crippen molar-refractivity contribution in [2.75, 3.05) is 25.0 Å². The number of likely N-dealkylation sites (N-methyl/N-ethyl adjacent to an activating group) is 1. The van der Waals surface area contributed by atoms with Crippen molar-refractivity contribution in [2.24, 2.45) is 0 Å². The summed E-state index contributed by atoms with van der Waals surface area (Å²) < 4.78 is 2.53. The van der Waals surface area contributed by atoms with Gasteiger partial charge in [0, 0.05) is 30.4 Å². The molecule has 1 aliphatic rings. The Kier molecular flexibility index (Phi) is 14.1. The van der Waals surface area contributed by atoms with Crippen molar-refractivity contribution in [1.82, 2.24) is 20.0 Å². The number of aromatic nitrogens is 2. The molecule has 182 valence electrons. The number of likely N-dealkylation sites (tertiary alicyclic amines) is 1. The summed E-state index contributed by atoms with van der Waals surface area (Å²) in [6.45, 7) is 15.1. The van der Waals surface area contributed by atoms with Gasteiger partial charge in [0.15, 0.2) is 0 Å². The summed E-state index contributed by atoms with van der Waals surface area (Å²) in [5, 5.41) is 10.6. The standard InChI is InChI=1S/C18H28BrN5O.C6H6.C2H6/c1-5-8-9-15(6-2)24-17(13(4)16(19)22-24)21-18(25)20-14-10-11-23(7-3)12-14;1-2-4-6-5-3-1;1-2/h5,8-9,14H,6-7,10-12H2,1-4H3,(H2,20,21,25);1-6H;1-2H3/b8-5-,15-9+;;. The number of urea groups is 1. The van der Waals surface area contributed by atoms with Gasteiger partial charge in [-0.3, -0.25) is 5.32 Å². The van der Waals surface area contributed by atoms with E-state index in [-0.39, 0.29) is 12.1 Å². The number of carbonyl (C=O) groups excluding carboxylic acids is 1. The summed E-state index contributed by atoms with van der Waals surface area (Å²) in [6, 6.07) is 12.0. The first kappa shape index (κ1) is 28.7. The summed E-state index contributed by atoms with van der Waals surface area (Å²) >= 11 is 3.47. The minimum absolute atomic E-state index is 0.179. The lowest BCUT2D eigenvalue weighted by Crippen LogP contribution is -2.40. The van der Waals surface area contributed by atoms with Crippen LogP contribution in [0, 0.1) is 6.92 Å². The van der Waals surface area contributed by atoms with E-state index >= 15 is 0 Å². The van der Waals surface area contributed by atoms with Crippen LogP contribution in [0.5, 0.6) is 0 Å². The van der Waals surface area contributed by atoms with E-state index in [0.717, 1.165) is 48.3 Å². The fourth-order valence-corrected chi connectivity index (χ4v) is 3.67. The van der Waals surface area contributed by atoms with E-state index in [9.17, 15) is 4.79 Å². The predicted molar refractivity (Wildman–Crippen MR) is 145 cm³/mol. The van der Waals surface area contributed by atoms with E-state index in [1.807, 2.05) is 82.3 Å². The van der Waals surface area contributed by atoms with Crippen LogP contribution in [-0.4, -0.2) is 46.4 Å². The molecule has 0 bridgehead atoms. The van der Waals surface area contributed by atoms with E-state index < -0.39 is 0 Å². The first-order valence-corrected chi connectivity index (χ1v) is 12.7. The quantitative estimate of drug-likeness (QED) is 0.418. The van der Waals surface area contributed by atoms with Crippen molar-refractivity contribution in [1.29, 1.82) is 0 Å². The second kappa shape index (κ2) is 16.3. The van der Waals surface area contributed by atoms with E-state index in [4.69, 9.17) is 0 Å². The lowest BCUT2D eigenvalue weighted by molar-refractivity contribution is 0.247. The smallest absolute Gasteiger partial charge is 0.320 e. The topological polar surface area (TPSA) is 62.2 Å². The number of hydrogen-bond acceptors (Lipinski definition) is 3. The highest BCUT2D eigenvalue weighted by atomic mass is 79.9. The number of halogens is 1. The van der Waals surface area contributed by atoms with Gasteiger partial charge in [0.1, 0.15) is 10.4 Å². The molecule has 0 aliphatic carbocycles. The van der Waals surface area contributed by atoms with Gasteiger partial charge in [0.05, 0.1) is 0 Å². The van der Waals surface area contributed by atoms with Crippen LogP contribution in [0.1, 0.15) is 53.0 Å². The molecule has 0 spiro atoms. The van der Waals surface area contributed by atoms with Crippen LogP contribution in [0.25, 0.3) is 5.70 Å². The molecule has 33 heavy (non-hydrogen) atoms. The van der Waals surface area contributed by atoms with Gasteiger partial charge in [-0.05, 0) is 55.2 Å². The van der Waals surface area contributed by atoms with Crippen molar-refractivity contribution < 1.29 is 4.79 Å². The van der Waals surface area contributed by atoms with Gasteiger partial charge >= 0.3 is 6.03 Å². The zero-order valence-electron chi connectivity index (χ0n) is 20.9. The number of amides is 2. The summed E-state index contributed by atoms with van der Waals surface area (Å²) in [4.78, 5) is 14.8. The molecular weight excluding hydrogens is 478 g/mol. The maximum Gasteiger partial charge on any atom is 0.320 e. The molecule has 2 amide bonds. The van der Waals surface area contributed by atoms with E-state index in [1.165, 1.54) is 0 Å². The molecule has 3 rings (SSSR count). The lowest BCUT2D eigenvalue weighted by Gasteiger charge is -2.16. The summed E-state index contributed by atoms with van der Waals surface area (Å²) in [7, 11) is 0. The largest absolute Gasteiger partial charge is 0.334 e. The molecular formula is C26H40BrN5O. The highest BCUT2D eigenvalue weighted by molar-refractivity contribution is 9.10. The third-order valence-corrected chi connectivity index (χ3v) is 5.89. The second-order valence-electron chi connectivity index (χ2n) is 7.35. The van der Waals surface area contributed by atoms with E-state index in [1.54, 1.807) is 4.68 Å². The van der Waals surface area contributed by atoms with Crippen LogP contribution in [0.3, 0.4) is 0 Å². The fourth-order valence-electron chi connectivity index (χ4n) is 3.32. The average Bonchev–Trinajstić information content (AvgIpc) is 3.42. The van der Waals surface area contributed by atoms with Crippen molar-refractivity contribution in [3.05, 3.63) is 64.8 Å². The number of hydrogen-bond donors (Lipinski definition) is 2. The monoisotopic (exact) mass is 517 g/mol. The fraction of sp³-hybridized carbons (Fsp3) is 0.462. The molecule has 1 unspecified atom stereocenters. The Balaban J connectivity index is 0.000000578. The third kappa shape index (κ3) is 9.56. The number of carbonyl (C=O) groups is 1. The molecule has 1 saturated heterocycles. The molecule has 0 saturated carbocycles. The average molecular weight is 519 g/mol. The zero-order chi connectivity index (χ0) is 24.6. The molecule has 2 aromatic rings. The van der Waals surface area contributed by atoms with Crippen LogP contribution in [0.2, 0.25) is 0 Å². The Morgan fingerprint density at radius 2 is 1.79 bits per heavy atom. The van der Waals surface area contributed by atoms with Crippen LogP contribution >= 0.6 is 15.9 Å². The highest BCUT2D eigenvalue weighted by Gasteiger charge is 2.24. The number of benzene rings is 1. The SMILES string of the molecule is C/C=C\C=C(/CC)n1nc(Br)c(C)c1NC(=O)NC1CCN(CC)C1.CC.c1ccccc1. The van der Waals surface area contributed by atoms with Gasteiger partial charge in [-0.25, -0.2) is 9.48 Å². The lowest BCUT2D eigenvalue weighted by atomic mass is 10.2. The molecule has 0 radical (unpaired) electrons. The van der Waals surface area contributed by atoms with Crippen molar-refractivity contribution >= 4 is 33.5 Å². The van der Waals surface area contributed by atoms with Crippen LogP contribution < -0.4 is 10.6 Å². The summed E-state index contributed by atoms with van der Waals surface area (Å²) in [5.74, 6) is 0.701. The van der Waals surface area contributed by atoms with Gasteiger partial charge in [-0.1, -0.05) is 76.2 Å². The highest BCUT2D eigenvalue weighted by Crippen LogP contribution is 2.27. The minimum atomic E-state index is -0.179. The maximum absolute atomic E-state index is 12.5. The predicted octanol–water partition coefficient (Wildman–Crippen LogP) is 6.71. The molecule has 6 nitrogen and oxygen atoms in total. The molecule has 2 heterocycles.